The fraction of sp³-hybridized carbons (Fsp3) is 0.158. The lowest BCUT2D eigenvalue weighted by atomic mass is 10.1. The number of benzene rings is 2. The summed E-state index contributed by atoms with van der Waals surface area (Å²) in [5.41, 5.74) is 2.37. The predicted molar refractivity (Wildman–Crippen MR) is 99.9 cm³/mol. The number of rotatable bonds is 6. The standard InChI is InChI=1S/C19H17ClN2O4/c20-12-5-6-14-17(7-8-21-18(14)9-12)22-16-4-2-1-3-15(16)19(25)26-11-13(24)10-23/h1-9,13,23-24H,10-11H2,(H,21,22)/t13-/m1/s1. The molecule has 0 spiro atoms. The van der Waals surface area contributed by atoms with E-state index in [4.69, 9.17) is 21.4 Å². The molecule has 134 valence electrons. The number of nitrogens with one attached hydrogen (secondary N) is 1. The molecule has 6 nitrogen and oxygen atoms in total. The number of fused-ring (bicyclic) bond motifs is 1. The minimum Gasteiger partial charge on any atom is -0.459 e. The molecule has 1 atom stereocenters. The number of hydrogen-bond donors (Lipinski definition) is 3. The van der Waals surface area contributed by atoms with Crippen LogP contribution in [-0.4, -0.2) is 40.5 Å². The van der Waals surface area contributed by atoms with Crippen molar-refractivity contribution in [1.82, 2.24) is 4.98 Å². The highest BCUT2D eigenvalue weighted by Crippen LogP contribution is 2.28. The van der Waals surface area contributed by atoms with Crippen LogP contribution in [0, 0.1) is 0 Å². The summed E-state index contributed by atoms with van der Waals surface area (Å²) in [6, 6.07) is 14.1. The third-order valence-electron chi connectivity index (χ3n) is 3.74. The van der Waals surface area contributed by atoms with E-state index in [1.54, 1.807) is 48.7 Å². The van der Waals surface area contributed by atoms with Gasteiger partial charge in [-0.3, -0.25) is 4.98 Å². The molecule has 0 radical (unpaired) electrons. The maximum absolute atomic E-state index is 12.3. The Morgan fingerprint density at radius 1 is 1.19 bits per heavy atom. The van der Waals surface area contributed by atoms with Gasteiger partial charge in [-0.15, -0.1) is 0 Å². The summed E-state index contributed by atoms with van der Waals surface area (Å²) in [7, 11) is 0. The number of aliphatic hydroxyl groups excluding tert-OH is 2. The molecule has 3 rings (SSSR count). The van der Waals surface area contributed by atoms with Gasteiger partial charge in [-0.1, -0.05) is 23.7 Å². The van der Waals surface area contributed by atoms with Crippen molar-refractivity contribution in [2.45, 2.75) is 6.10 Å². The van der Waals surface area contributed by atoms with Gasteiger partial charge in [-0.25, -0.2) is 4.79 Å². The Morgan fingerprint density at radius 3 is 2.81 bits per heavy atom. The van der Waals surface area contributed by atoms with Crippen molar-refractivity contribution in [2.75, 3.05) is 18.5 Å². The van der Waals surface area contributed by atoms with Gasteiger partial charge in [-0.05, 0) is 36.4 Å². The molecule has 0 amide bonds. The Kier molecular flexibility index (Phi) is 5.68. The van der Waals surface area contributed by atoms with E-state index < -0.39 is 18.7 Å². The van der Waals surface area contributed by atoms with E-state index in [9.17, 15) is 9.90 Å². The van der Waals surface area contributed by atoms with Crippen molar-refractivity contribution < 1.29 is 19.7 Å². The number of halogens is 1. The summed E-state index contributed by atoms with van der Waals surface area (Å²) < 4.78 is 5.04. The number of para-hydroxylation sites is 1. The lowest BCUT2D eigenvalue weighted by Crippen LogP contribution is -2.22. The first-order valence-corrected chi connectivity index (χ1v) is 8.32. The second kappa shape index (κ2) is 8.14. The summed E-state index contributed by atoms with van der Waals surface area (Å²) in [4.78, 5) is 16.6. The summed E-state index contributed by atoms with van der Waals surface area (Å²) in [6.45, 7) is -0.751. The molecule has 0 saturated carbocycles. The molecule has 7 heteroatoms. The average molecular weight is 373 g/mol. The molecular formula is C19H17ClN2O4. The Balaban J connectivity index is 1.88. The quantitative estimate of drug-likeness (QED) is 0.576. The second-order valence-electron chi connectivity index (χ2n) is 5.63. The molecule has 0 saturated heterocycles. The van der Waals surface area contributed by atoms with Crippen molar-refractivity contribution in [3.63, 3.8) is 0 Å². The van der Waals surface area contributed by atoms with E-state index in [-0.39, 0.29) is 6.61 Å². The lowest BCUT2D eigenvalue weighted by molar-refractivity contribution is 0.00941. The van der Waals surface area contributed by atoms with Crippen LogP contribution in [0.3, 0.4) is 0 Å². The minimum absolute atomic E-state index is 0.277. The molecule has 26 heavy (non-hydrogen) atoms. The zero-order valence-electron chi connectivity index (χ0n) is 13.7. The smallest absolute Gasteiger partial charge is 0.340 e. The van der Waals surface area contributed by atoms with E-state index in [1.807, 2.05) is 6.07 Å². The van der Waals surface area contributed by atoms with E-state index in [0.29, 0.717) is 16.3 Å². The van der Waals surface area contributed by atoms with Gasteiger partial charge in [-0.2, -0.15) is 0 Å². The number of esters is 1. The second-order valence-corrected chi connectivity index (χ2v) is 6.06. The molecule has 0 bridgehead atoms. The van der Waals surface area contributed by atoms with Gasteiger partial charge in [0.2, 0.25) is 0 Å². The number of aromatic nitrogens is 1. The van der Waals surface area contributed by atoms with Crippen LogP contribution in [-0.2, 0) is 4.74 Å². The van der Waals surface area contributed by atoms with Crippen molar-refractivity contribution in [1.29, 1.82) is 0 Å². The fourth-order valence-electron chi connectivity index (χ4n) is 2.45. The molecule has 0 unspecified atom stereocenters. The summed E-state index contributed by atoms with van der Waals surface area (Å²) in [6.07, 6.45) is 0.549. The number of pyridine rings is 1. The van der Waals surface area contributed by atoms with Gasteiger partial charge in [0.1, 0.15) is 12.7 Å². The van der Waals surface area contributed by atoms with Crippen molar-refractivity contribution in [2.24, 2.45) is 0 Å². The molecule has 1 aromatic heterocycles. The first-order chi connectivity index (χ1) is 12.6. The highest BCUT2D eigenvalue weighted by atomic mass is 35.5. The van der Waals surface area contributed by atoms with Crippen LogP contribution in [0.1, 0.15) is 10.4 Å². The van der Waals surface area contributed by atoms with Crippen LogP contribution in [0.5, 0.6) is 0 Å². The van der Waals surface area contributed by atoms with Gasteiger partial charge in [0, 0.05) is 22.3 Å². The highest BCUT2D eigenvalue weighted by molar-refractivity contribution is 6.31. The van der Waals surface area contributed by atoms with Crippen LogP contribution >= 0.6 is 11.6 Å². The summed E-state index contributed by atoms with van der Waals surface area (Å²) in [5.74, 6) is -0.595. The average Bonchev–Trinajstić information content (AvgIpc) is 2.66. The Bertz CT molecular complexity index is 932. The number of carbonyl (C=O) groups is 1. The molecular weight excluding hydrogens is 356 g/mol. The number of nitrogens with zero attached hydrogens (tertiary/aromatic N) is 1. The van der Waals surface area contributed by atoms with Crippen LogP contribution in [0.2, 0.25) is 5.02 Å². The lowest BCUT2D eigenvalue weighted by Gasteiger charge is -2.14. The van der Waals surface area contributed by atoms with Crippen LogP contribution in [0.4, 0.5) is 11.4 Å². The SMILES string of the molecule is O=C(OC[C@H](O)CO)c1ccccc1Nc1ccnc2cc(Cl)ccc12. The molecule has 1 heterocycles. The Labute approximate surface area is 155 Å². The minimum atomic E-state index is -1.10. The number of carbonyl (C=O) groups excluding carboxylic acids is 1. The van der Waals surface area contributed by atoms with E-state index in [2.05, 4.69) is 10.3 Å². The number of ether oxygens (including phenoxy) is 1. The largest absolute Gasteiger partial charge is 0.459 e. The first-order valence-electron chi connectivity index (χ1n) is 7.95. The van der Waals surface area contributed by atoms with Crippen molar-refractivity contribution in [3.05, 3.63) is 65.3 Å². The molecule has 3 N–H and O–H groups in total. The predicted octanol–water partition coefficient (Wildman–Crippen LogP) is 3.14. The molecule has 0 aliphatic rings. The molecule has 3 aromatic rings. The topological polar surface area (TPSA) is 91.7 Å². The Hall–Kier alpha value is -2.67. The van der Waals surface area contributed by atoms with Gasteiger partial charge >= 0.3 is 5.97 Å². The maximum Gasteiger partial charge on any atom is 0.340 e. The van der Waals surface area contributed by atoms with Gasteiger partial charge in [0.05, 0.1) is 23.4 Å². The van der Waals surface area contributed by atoms with E-state index >= 15 is 0 Å². The molecule has 0 aliphatic carbocycles. The van der Waals surface area contributed by atoms with Gasteiger partial charge in [0.15, 0.2) is 0 Å². The van der Waals surface area contributed by atoms with Crippen LogP contribution in [0.15, 0.2) is 54.7 Å². The first kappa shape index (κ1) is 18.1. The highest BCUT2D eigenvalue weighted by Gasteiger charge is 2.15. The third-order valence-corrected chi connectivity index (χ3v) is 3.97. The van der Waals surface area contributed by atoms with E-state index in [1.165, 1.54) is 0 Å². The molecule has 0 fully saturated rings. The molecule has 0 aliphatic heterocycles. The van der Waals surface area contributed by atoms with Gasteiger partial charge < -0.3 is 20.3 Å². The third kappa shape index (κ3) is 4.11. The summed E-state index contributed by atoms with van der Waals surface area (Å²) in [5, 5.41) is 22.8. The number of hydrogen-bond acceptors (Lipinski definition) is 6. The van der Waals surface area contributed by atoms with E-state index in [0.717, 1.165) is 16.6 Å². The summed E-state index contributed by atoms with van der Waals surface area (Å²) >= 11 is 6.01. The van der Waals surface area contributed by atoms with Crippen molar-refractivity contribution in [3.8, 4) is 0 Å². The monoisotopic (exact) mass is 372 g/mol. The Morgan fingerprint density at radius 2 is 2.00 bits per heavy atom. The zero-order valence-corrected chi connectivity index (χ0v) is 14.5. The zero-order chi connectivity index (χ0) is 18.5. The number of anilines is 2. The molecule has 2 aromatic carbocycles. The fourth-order valence-corrected chi connectivity index (χ4v) is 2.61. The van der Waals surface area contributed by atoms with Crippen molar-refractivity contribution >= 4 is 39.8 Å². The normalized spacial score (nSPS) is 12.0. The van der Waals surface area contributed by atoms with Crippen LogP contribution in [0.25, 0.3) is 10.9 Å². The number of aliphatic hydroxyl groups is 2. The van der Waals surface area contributed by atoms with Gasteiger partial charge in [0.25, 0.3) is 0 Å². The van der Waals surface area contributed by atoms with Crippen LogP contribution < -0.4 is 5.32 Å². The maximum atomic E-state index is 12.3.